The summed E-state index contributed by atoms with van der Waals surface area (Å²) >= 11 is 0. The second-order valence-corrected chi connectivity index (χ2v) is 8.56. The Morgan fingerprint density at radius 3 is 2.33 bits per heavy atom. The van der Waals surface area contributed by atoms with Crippen LogP contribution >= 0.6 is 0 Å². The van der Waals surface area contributed by atoms with Gasteiger partial charge < -0.3 is 19.3 Å². The number of methoxy groups -OCH3 is 1. The van der Waals surface area contributed by atoms with Gasteiger partial charge in [0.1, 0.15) is 18.1 Å². The molecule has 0 radical (unpaired) electrons. The lowest BCUT2D eigenvalue weighted by Gasteiger charge is -2.38. The van der Waals surface area contributed by atoms with Gasteiger partial charge in [-0.2, -0.15) is 0 Å². The van der Waals surface area contributed by atoms with Crippen LogP contribution in [0, 0.1) is 5.82 Å². The van der Waals surface area contributed by atoms with Crippen LogP contribution in [0.1, 0.15) is 5.56 Å². The zero-order valence-corrected chi connectivity index (χ0v) is 19.9. The molecule has 0 saturated carbocycles. The standard InChI is InChI=1S/C28H26FN3O4/c1-35-24-8-4-2-6-22(24)30-14-16-31(17-15-30)27(33)19-32-23-7-3-5-9-25(23)36-26(28(32)34)18-20-10-12-21(29)13-11-20/h2-13,18H,14-17,19H2,1H3/b26-18+. The summed E-state index contributed by atoms with van der Waals surface area (Å²) in [6, 6.07) is 20.7. The summed E-state index contributed by atoms with van der Waals surface area (Å²) in [7, 11) is 1.65. The van der Waals surface area contributed by atoms with Crippen LogP contribution in [0.4, 0.5) is 15.8 Å². The molecule has 7 nitrogen and oxygen atoms in total. The zero-order valence-electron chi connectivity index (χ0n) is 19.9. The molecule has 0 N–H and O–H groups in total. The van der Waals surface area contributed by atoms with Crippen molar-refractivity contribution in [3.63, 3.8) is 0 Å². The van der Waals surface area contributed by atoms with Crippen molar-refractivity contribution in [2.45, 2.75) is 0 Å². The Morgan fingerprint density at radius 1 is 0.944 bits per heavy atom. The van der Waals surface area contributed by atoms with Gasteiger partial charge in [0.05, 0.1) is 18.5 Å². The van der Waals surface area contributed by atoms with Gasteiger partial charge in [-0.15, -0.1) is 0 Å². The first kappa shape index (κ1) is 23.4. The molecule has 184 valence electrons. The van der Waals surface area contributed by atoms with E-state index in [0.29, 0.717) is 43.2 Å². The van der Waals surface area contributed by atoms with E-state index in [2.05, 4.69) is 4.90 Å². The lowest BCUT2D eigenvalue weighted by molar-refractivity contribution is -0.131. The Kier molecular flexibility index (Phi) is 6.58. The smallest absolute Gasteiger partial charge is 0.294 e. The van der Waals surface area contributed by atoms with Gasteiger partial charge >= 0.3 is 0 Å². The van der Waals surface area contributed by atoms with Gasteiger partial charge in [-0.25, -0.2) is 4.39 Å². The Bertz CT molecular complexity index is 1300. The normalized spacial score (nSPS) is 16.6. The lowest BCUT2D eigenvalue weighted by atomic mass is 10.1. The van der Waals surface area contributed by atoms with E-state index in [4.69, 9.17) is 9.47 Å². The van der Waals surface area contributed by atoms with Crippen molar-refractivity contribution in [3.05, 3.63) is 89.9 Å². The maximum atomic E-state index is 13.4. The highest BCUT2D eigenvalue weighted by Gasteiger charge is 2.33. The van der Waals surface area contributed by atoms with Crippen molar-refractivity contribution in [1.82, 2.24) is 4.90 Å². The molecular weight excluding hydrogens is 461 g/mol. The summed E-state index contributed by atoms with van der Waals surface area (Å²) in [5, 5.41) is 0. The number of para-hydroxylation sites is 4. The van der Waals surface area contributed by atoms with E-state index in [1.54, 1.807) is 54.5 Å². The van der Waals surface area contributed by atoms with Crippen molar-refractivity contribution in [2.75, 3.05) is 49.6 Å². The van der Waals surface area contributed by atoms with Crippen LogP contribution in [0.15, 0.2) is 78.6 Å². The fraction of sp³-hybridized carbons (Fsp3) is 0.214. The molecule has 0 atom stereocenters. The molecule has 5 rings (SSSR count). The van der Waals surface area contributed by atoms with Crippen molar-refractivity contribution in [2.24, 2.45) is 0 Å². The molecule has 2 aliphatic heterocycles. The van der Waals surface area contributed by atoms with E-state index in [1.165, 1.54) is 17.0 Å². The van der Waals surface area contributed by atoms with Gasteiger partial charge in [0, 0.05) is 26.2 Å². The Morgan fingerprint density at radius 2 is 1.61 bits per heavy atom. The second kappa shape index (κ2) is 10.1. The number of rotatable bonds is 5. The van der Waals surface area contributed by atoms with Crippen molar-refractivity contribution >= 4 is 29.3 Å². The van der Waals surface area contributed by atoms with Gasteiger partial charge in [0.2, 0.25) is 5.91 Å². The number of carbonyl (C=O) groups is 2. The summed E-state index contributed by atoms with van der Waals surface area (Å²) in [5.41, 5.74) is 2.16. The number of anilines is 2. The minimum Gasteiger partial charge on any atom is -0.495 e. The number of amides is 2. The van der Waals surface area contributed by atoms with Crippen LogP contribution in [0.2, 0.25) is 0 Å². The summed E-state index contributed by atoms with van der Waals surface area (Å²) in [6.07, 6.45) is 1.56. The quantitative estimate of drug-likeness (QED) is 0.510. The molecule has 3 aromatic rings. The molecule has 2 amide bonds. The third-order valence-corrected chi connectivity index (χ3v) is 6.35. The van der Waals surface area contributed by atoms with Crippen LogP contribution in [-0.2, 0) is 9.59 Å². The van der Waals surface area contributed by atoms with Crippen molar-refractivity contribution in [3.8, 4) is 11.5 Å². The molecule has 0 spiro atoms. The first-order valence-electron chi connectivity index (χ1n) is 11.8. The maximum Gasteiger partial charge on any atom is 0.294 e. The first-order chi connectivity index (χ1) is 17.5. The fourth-order valence-electron chi connectivity index (χ4n) is 4.45. The highest BCUT2D eigenvalue weighted by molar-refractivity contribution is 6.12. The summed E-state index contributed by atoms with van der Waals surface area (Å²) < 4.78 is 24.6. The number of ether oxygens (including phenoxy) is 2. The number of benzene rings is 3. The van der Waals surface area contributed by atoms with Gasteiger partial charge in [0.25, 0.3) is 5.91 Å². The van der Waals surface area contributed by atoms with Gasteiger partial charge in [0.15, 0.2) is 11.5 Å². The van der Waals surface area contributed by atoms with Crippen LogP contribution in [0.25, 0.3) is 6.08 Å². The number of hydrogen-bond acceptors (Lipinski definition) is 5. The van der Waals surface area contributed by atoms with Crippen LogP contribution in [-0.4, -0.2) is 56.5 Å². The van der Waals surface area contributed by atoms with E-state index in [-0.39, 0.29) is 24.0 Å². The molecule has 2 aliphatic rings. The van der Waals surface area contributed by atoms with Gasteiger partial charge in [-0.05, 0) is 48.0 Å². The fourth-order valence-corrected chi connectivity index (χ4v) is 4.45. The first-order valence-corrected chi connectivity index (χ1v) is 11.8. The predicted molar refractivity (Wildman–Crippen MR) is 136 cm³/mol. The molecule has 0 bridgehead atoms. The van der Waals surface area contributed by atoms with E-state index in [1.807, 2.05) is 24.3 Å². The highest BCUT2D eigenvalue weighted by atomic mass is 19.1. The molecule has 0 aromatic heterocycles. The van der Waals surface area contributed by atoms with Crippen LogP contribution in [0.3, 0.4) is 0 Å². The maximum absolute atomic E-state index is 13.4. The highest BCUT2D eigenvalue weighted by Crippen LogP contribution is 2.35. The average molecular weight is 488 g/mol. The molecule has 3 aromatic carbocycles. The van der Waals surface area contributed by atoms with E-state index >= 15 is 0 Å². The van der Waals surface area contributed by atoms with E-state index in [9.17, 15) is 14.0 Å². The Balaban J connectivity index is 1.31. The third-order valence-electron chi connectivity index (χ3n) is 6.35. The molecule has 0 aliphatic carbocycles. The molecule has 1 saturated heterocycles. The summed E-state index contributed by atoms with van der Waals surface area (Å²) in [6.45, 7) is 2.30. The molecule has 1 fully saturated rings. The summed E-state index contributed by atoms with van der Waals surface area (Å²) in [4.78, 5) is 32.1. The van der Waals surface area contributed by atoms with E-state index in [0.717, 1.165) is 11.4 Å². The molecule has 36 heavy (non-hydrogen) atoms. The van der Waals surface area contributed by atoms with Crippen LogP contribution in [0.5, 0.6) is 11.5 Å². The average Bonchev–Trinajstić information content (AvgIpc) is 2.92. The number of carbonyl (C=O) groups excluding carboxylic acids is 2. The van der Waals surface area contributed by atoms with E-state index < -0.39 is 5.91 Å². The second-order valence-electron chi connectivity index (χ2n) is 8.56. The monoisotopic (exact) mass is 487 g/mol. The molecule has 8 heteroatoms. The number of fused-ring (bicyclic) bond motifs is 1. The Labute approximate surface area is 208 Å². The minimum absolute atomic E-state index is 0.0779. The van der Waals surface area contributed by atoms with Gasteiger partial charge in [-0.3, -0.25) is 14.5 Å². The van der Waals surface area contributed by atoms with Crippen molar-refractivity contribution in [1.29, 1.82) is 0 Å². The summed E-state index contributed by atoms with van der Waals surface area (Å²) in [5.74, 6) is 0.443. The number of hydrogen-bond donors (Lipinski definition) is 0. The third kappa shape index (κ3) is 4.75. The SMILES string of the molecule is COc1ccccc1N1CCN(C(=O)CN2C(=O)/C(=C\c3ccc(F)cc3)Oc3ccccc32)CC1. The Hall–Kier alpha value is -4.33. The molecule has 0 unspecified atom stereocenters. The minimum atomic E-state index is -0.418. The van der Waals surface area contributed by atoms with Gasteiger partial charge in [-0.1, -0.05) is 36.4 Å². The topological polar surface area (TPSA) is 62.3 Å². The van der Waals surface area contributed by atoms with Crippen LogP contribution < -0.4 is 19.3 Å². The lowest BCUT2D eigenvalue weighted by Crippen LogP contribution is -2.52. The largest absolute Gasteiger partial charge is 0.495 e. The molecule has 2 heterocycles. The predicted octanol–water partition coefficient (Wildman–Crippen LogP) is 3.95. The van der Waals surface area contributed by atoms with Crippen molar-refractivity contribution < 1.29 is 23.5 Å². The molecular formula is C28H26FN3O4. The number of nitrogens with zero attached hydrogens (tertiary/aromatic N) is 3. The zero-order chi connectivity index (χ0) is 25.1. The number of piperazine rings is 1. The number of halogens is 1.